The molecular weight excluding hydrogens is 744 g/mol. The standard InChI is InChI=1S/C38H60O18/c1-16-11-37-9-5-20-35(2,21(37)6-10-38(16,50)15-37)7-4-8-36(20,3)34(49)56-33-30(55-32-28(48)26(46)23(43)18(13-40)52-32)29(24(44)19(14-41)53-33)54-31-27(47)25(45)22(42)17(12-39)51-31/h17-33,39-48,50H,1,4-15H2,2-3H3/t17?,18?,19?,20-,21-,22?,23?,24?,25?,26?,27?,28?,29?,30?,31?,32?,33?,35+,36+,37+,38-/m0/s1. The highest BCUT2D eigenvalue weighted by molar-refractivity contribution is 5.77. The molecule has 21 atom stereocenters. The maximum Gasteiger partial charge on any atom is 0.314 e. The summed E-state index contributed by atoms with van der Waals surface area (Å²) < 4.78 is 35.3. The van der Waals surface area contributed by atoms with Gasteiger partial charge in [0.25, 0.3) is 0 Å². The van der Waals surface area contributed by atoms with Gasteiger partial charge in [-0.25, -0.2) is 0 Å². The summed E-state index contributed by atoms with van der Waals surface area (Å²) in [5.41, 5.74) is -1.48. The highest BCUT2D eigenvalue weighted by Crippen LogP contribution is 2.73. The van der Waals surface area contributed by atoms with Crippen molar-refractivity contribution in [3.63, 3.8) is 0 Å². The van der Waals surface area contributed by atoms with Gasteiger partial charge in [-0.1, -0.05) is 19.9 Å². The first-order valence-electron chi connectivity index (χ1n) is 19.9. The van der Waals surface area contributed by atoms with Gasteiger partial charge in [-0.2, -0.15) is 0 Å². The fourth-order valence-electron chi connectivity index (χ4n) is 11.9. The summed E-state index contributed by atoms with van der Waals surface area (Å²) in [5.74, 6) is -0.612. The Bertz CT molecular complexity index is 1450. The molecule has 3 saturated heterocycles. The van der Waals surface area contributed by atoms with E-state index in [1.165, 1.54) is 0 Å². The van der Waals surface area contributed by atoms with Crippen LogP contribution in [0.4, 0.5) is 0 Å². The fraction of sp³-hybridized carbons (Fsp3) is 0.921. The van der Waals surface area contributed by atoms with Crippen molar-refractivity contribution < 1.29 is 89.4 Å². The first-order valence-corrected chi connectivity index (χ1v) is 19.9. The third kappa shape index (κ3) is 6.78. The van der Waals surface area contributed by atoms with Gasteiger partial charge in [-0.15, -0.1) is 0 Å². The van der Waals surface area contributed by atoms with Crippen molar-refractivity contribution in [3.8, 4) is 0 Å². The van der Waals surface area contributed by atoms with Gasteiger partial charge in [0.2, 0.25) is 6.29 Å². The van der Waals surface area contributed by atoms with Gasteiger partial charge in [0.15, 0.2) is 18.7 Å². The molecule has 3 heterocycles. The molecule has 18 nitrogen and oxygen atoms in total. The number of ether oxygens (including phenoxy) is 6. The third-order valence-corrected chi connectivity index (χ3v) is 14.9. The molecule has 4 aliphatic carbocycles. The van der Waals surface area contributed by atoms with Crippen molar-refractivity contribution >= 4 is 5.97 Å². The predicted octanol–water partition coefficient (Wildman–Crippen LogP) is -2.94. The van der Waals surface area contributed by atoms with Crippen LogP contribution in [-0.2, 0) is 33.2 Å². The molecule has 3 aliphatic heterocycles. The number of fused-ring (bicyclic) bond motifs is 3. The largest absolute Gasteiger partial charge is 0.432 e. The number of aliphatic hydroxyl groups excluding tert-OH is 10. The summed E-state index contributed by atoms with van der Waals surface area (Å²) in [4.78, 5) is 14.8. The second-order valence-corrected chi connectivity index (χ2v) is 18.0. The molecule has 18 heteroatoms. The summed E-state index contributed by atoms with van der Waals surface area (Å²) in [7, 11) is 0. The molecule has 2 bridgehead atoms. The molecule has 0 aromatic carbocycles. The molecule has 11 N–H and O–H groups in total. The molecule has 320 valence electrons. The van der Waals surface area contributed by atoms with Crippen LogP contribution >= 0.6 is 0 Å². The highest BCUT2D eigenvalue weighted by atomic mass is 16.8. The zero-order valence-electron chi connectivity index (χ0n) is 31.8. The fourth-order valence-corrected chi connectivity index (χ4v) is 11.9. The van der Waals surface area contributed by atoms with Crippen LogP contribution in [0.3, 0.4) is 0 Å². The Hall–Kier alpha value is -1.43. The zero-order chi connectivity index (χ0) is 40.7. The van der Waals surface area contributed by atoms with Crippen LogP contribution in [0, 0.1) is 28.1 Å². The summed E-state index contributed by atoms with van der Waals surface area (Å²) in [6.45, 7) is 5.86. The number of carbonyl (C=O) groups is 1. The van der Waals surface area contributed by atoms with E-state index >= 15 is 0 Å². The van der Waals surface area contributed by atoms with Gasteiger partial charge in [-0.3, -0.25) is 4.79 Å². The van der Waals surface area contributed by atoms with E-state index in [0.717, 1.165) is 31.3 Å². The Kier molecular flexibility index (Phi) is 11.9. The minimum absolute atomic E-state index is 0.117. The molecule has 7 rings (SSSR count). The van der Waals surface area contributed by atoms with E-state index in [4.69, 9.17) is 28.4 Å². The molecule has 7 fully saturated rings. The number of rotatable bonds is 9. The molecule has 7 aliphatic rings. The minimum atomic E-state index is -1.96. The molecule has 0 amide bonds. The summed E-state index contributed by atoms with van der Waals surface area (Å²) in [5, 5.41) is 116. The van der Waals surface area contributed by atoms with Gasteiger partial charge >= 0.3 is 5.97 Å². The van der Waals surface area contributed by atoms with Crippen molar-refractivity contribution in [1.82, 2.24) is 0 Å². The lowest BCUT2D eigenvalue weighted by atomic mass is 9.41. The van der Waals surface area contributed by atoms with Crippen LogP contribution in [-0.4, -0.2) is 180 Å². The van der Waals surface area contributed by atoms with Crippen molar-refractivity contribution in [1.29, 1.82) is 0 Å². The van der Waals surface area contributed by atoms with Crippen LogP contribution in [0.1, 0.15) is 71.6 Å². The normalized spacial score (nSPS) is 54.6. The van der Waals surface area contributed by atoms with Crippen LogP contribution in [0.5, 0.6) is 0 Å². The van der Waals surface area contributed by atoms with E-state index in [9.17, 15) is 61.0 Å². The van der Waals surface area contributed by atoms with E-state index in [1.807, 2.05) is 6.92 Å². The molecule has 4 saturated carbocycles. The molecule has 56 heavy (non-hydrogen) atoms. The van der Waals surface area contributed by atoms with Crippen LogP contribution < -0.4 is 0 Å². The van der Waals surface area contributed by atoms with Crippen molar-refractivity contribution in [2.45, 2.75) is 169 Å². The van der Waals surface area contributed by atoms with Gasteiger partial charge in [0.05, 0.1) is 30.8 Å². The van der Waals surface area contributed by atoms with Gasteiger partial charge in [-0.05, 0) is 86.5 Å². The molecule has 0 aromatic rings. The number of carbonyl (C=O) groups excluding carboxylic acids is 1. The molecule has 15 unspecified atom stereocenters. The quantitative estimate of drug-likeness (QED) is 0.0821. The maximum absolute atomic E-state index is 14.8. The van der Waals surface area contributed by atoms with E-state index in [1.54, 1.807) is 0 Å². The van der Waals surface area contributed by atoms with Crippen LogP contribution in [0.25, 0.3) is 0 Å². The average Bonchev–Trinajstić information content (AvgIpc) is 3.35. The number of aliphatic hydroxyl groups is 11. The Morgan fingerprint density at radius 1 is 0.679 bits per heavy atom. The van der Waals surface area contributed by atoms with E-state index in [0.29, 0.717) is 32.1 Å². The Balaban J connectivity index is 1.20. The predicted molar refractivity (Wildman–Crippen MR) is 186 cm³/mol. The topological polar surface area (TPSA) is 295 Å². The van der Waals surface area contributed by atoms with Crippen LogP contribution in [0.2, 0.25) is 0 Å². The lowest BCUT2D eigenvalue weighted by molar-refractivity contribution is -0.388. The van der Waals surface area contributed by atoms with Gasteiger partial charge in [0.1, 0.15) is 67.1 Å². The monoisotopic (exact) mass is 804 g/mol. The Labute approximate surface area is 324 Å². The molecule has 1 spiro atoms. The van der Waals surface area contributed by atoms with E-state index in [-0.39, 0.29) is 22.7 Å². The zero-order valence-corrected chi connectivity index (χ0v) is 31.8. The van der Waals surface area contributed by atoms with Crippen molar-refractivity contribution in [3.05, 3.63) is 12.2 Å². The number of esters is 1. The second kappa shape index (κ2) is 15.6. The van der Waals surface area contributed by atoms with Crippen LogP contribution in [0.15, 0.2) is 12.2 Å². The maximum atomic E-state index is 14.8. The van der Waals surface area contributed by atoms with Gasteiger partial charge < -0.3 is 84.6 Å². The summed E-state index contributed by atoms with van der Waals surface area (Å²) in [6, 6.07) is 0. The minimum Gasteiger partial charge on any atom is -0.432 e. The van der Waals surface area contributed by atoms with E-state index in [2.05, 4.69) is 13.5 Å². The lowest BCUT2D eigenvalue weighted by Crippen LogP contribution is -2.67. The van der Waals surface area contributed by atoms with Crippen molar-refractivity contribution in [2.75, 3.05) is 19.8 Å². The average molecular weight is 805 g/mol. The molecule has 0 radical (unpaired) electrons. The SMILES string of the molecule is C=C1C[C@@]23CC[C@H]4[C@@](C)(CCC[C@@]4(C)C(=O)OC4OC(CO)C(O)C(OC5OC(CO)C(O)C(O)C5O)C4OC4OC(CO)C(O)C(O)C4O)[C@@H]2CC[C@]1(O)C3. The lowest BCUT2D eigenvalue weighted by Gasteiger charge is -2.64. The summed E-state index contributed by atoms with van der Waals surface area (Å²) in [6.07, 6.45) is -20.2. The first-order chi connectivity index (χ1) is 26.4. The number of hydrogen-bond acceptors (Lipinski definition) is 18. The third-order valence-electron chi connectivity index (χ3n) is 14.9. The number of hydrogen-bond donors (Lipinski definition) is 11. The summed E-state index contributed by atoms with van der Waals surface area (Å²) >= 11 is 0. The smallest absolute Gasteiger partial charge is 0.314 e. The van der Waals surface area contributed by atoms with E-state index < -0.39 is 129 Å². The Morgan fingerprint density at radius 2 is 1.20 bits per heavy atom. The highest BCUT2D eigenvalue weighted by Gasteiger charge is 2.68. The van der Waals surface area contributed by atoms with Crippen molar-refractivity contribution in [2.24, 2.45) is 28.1 Å². The second-order valence-electron chi connectivity index (χ2n) is 18.0. The van der Waals surface area contributed by atoms with Gasteiger partial charge in [0, 0.05) is 0 Å². The first kappa shape index (κ1) is 42.7. The Morgan fingerprint density at radius 3 is 1.77 bits per heavy atom. The molecular formula is C38H60O18. The molecule has 0 aromatic heterocycles.